The van der Waals surface area contributed by atoms with Crippen LogP contribution in [0, 0.1) is 10.1 Å². The largest absolute Gasteiger partial charge is 0.497 e. The van der Waals surface area contributed by atoms with E-state index >= 15 is 0 Å². The number of fused-ring (bicyclic) bond motifs is 3. The summed E-state index contributed by atoms with van der Waals surface area (Å²) in [6, 6.07) is 11.4. The van der Waals surface area contributed by atoms with Crippen LogP contribution in [-0.2, 0) is 0 Å². The zero-order valence-corrected chi connectivity index (χ0v) is 13.1. The zero-order valence-electron chi connectivity index (χ0n) is 13.1. The van der Waals surface area contributed by atoms with Crippen molar-refractivity contribution in [3.05, 3.63) is 69.1 Å². The molecule has 0 bridgehead atoms. The quantitative estimate of drug-likeness (QED) is 0.458. The Bertz CT molecular complexity index is 1180. The first-order valence-electron chi connectivity index (χ1n) is 7.41. The van der Waals surface area contributed by atoms with Crippen molar-refractivity contribution in [2.75, 3.05) is 7.11 Å². The van der Waals surface area contributed by atoms with E-state index in [2.05, 4.69) is 10.1 Å². The second-order valence-corrected chi connectivity index (χ2v) is 5.46. The molecule has 0 radical (unpaired) electrons. The standard InChI is InChI=1S/C17H12N4O4/c1-25-12-5-2-10(3-6-12)20-17(22)14-9-18-15-8-11(21(23)24)4-7-13(15)16(14)19-20/h2-9,19H,1H3. The van der Waals surface area contributed by atoms with Crippen LogP contribution in [0.15, 0.2) is 53.5 Å². The van der Waals surface area contributed by atoms with E-state index in [1.807, 2.05) is 0 Å². The first-order valence-corrected chi connectivity index (χ1v) is 7.41. The molecule has 0 aliphatic heterocycles. The molecule has 0 saturated carbocycles. The molecule has 4 rings (SSSR count). The normalized spacial score (nSPS) is 11.1. The SMILES string of the molecule is COc1ccc(-n2[nH]c3c(cnc4cc([N+](=O)[O-])ccc43)c2=O)cc1. The average Bonchev–Trinajstić information content (AvgIpc) is 2.98. The second-order valence-electron chi connectivity index (χ2n) is 5.46. The van der Waals surface area contributed by atoms with Gasteiger partial charge in [-0.05, 0) is 30.3 Å². The molecule has 1 N–H and O–H groups in total. The molecule has 124 valence electrons. The van der Waals surface area contributed by atoms with Crippen molar-refractivity contribution >= 4 is 27.5 Å². The number of hydrogen-bond acceptors (Lipinski definition) is 5. The van der Waals surface area contributed by atoms with E-state index in [0.717, 1.165) is 0 Å². The van der Waals surface area contributed by atoms with Gasteiger partial charge in [0.15, 0.2) is 0 Å². The molecular weight excluding hydrogens is 324 g/mol. The number of H-pyrrole nitrogens is 1. The molecule has 0 amide bonds. The summed E-state index contributed by atoms with van der Waals surface area (Å²) < 4.78 is 6.53. The molecule has 2 aromatic heterocycles. The number of ether oxygens (including phenoxy) is 1. The Morgan fingerprint density at radius 2 is 1.92 bits per heavy atom. The van der Waals surface area contributed by atoms with Gasteiger partial charge in [-0.1, -0.05) is 0 Å². The number of rotatable bonds is 3. The summed E-state index contributed by atoms with van der Waals surface area (Å²) in [6.45, 7) is 0. The van der Waals surface area contributed by atoms with Gasteiger partial charge in [-0.25, -0.2) is 4.68 Å². The number of hydrogen-bond donors (Lipinski definition) is 1. The molecule has 0 saturated heterocycles. The van der Waals surface area contributed by atoms with Gasteiger partial charge in [-0.15, -0.1) is 0 Å². The van der Waals surface area contributed by atoms with E-state index in [9.17, 15) is 14.9 Å². The van der Waals surface area contributed by atoms with Gasteiger partial charge in [0.05, 0.1) is 34.1 Å². The summed E-state index contributed by atoms with van der Waals surface area (Å²) in [7, 11) is 1.57. The van der Waals surface area contributed by atoms with Crippen LogP contribution in [0.1, 0.15) is 0 Å². The van der Waals surface area contributed by atoms with E-state index in [4.69, 9.17) is 4.74 Å². The topological polar surface area (TPSA) is 103 Å². The van der Waals surface area contributed by atoms with Crippen LogP contribution in [0.25, 0.3) is 27.5 Å². The minimum atomic E-state index is -0.476. The molecule has 0 fully saturated rings. The monoisotopic (exact) mass is 336 g/mol. The maximum atomic E-state index is 12.7. The van der Waals surface area contributed by atoms with Gasteiger partial charge in [0, 0.05) is 23.7 Å². The Hall–Kier alpha value is -3.68. The number of nitro groups is 1. The van der Waals surface area contributed by atoms with Gasteiger partial charge in [0.1, 0.15) is 5.75 Å². The first-order chi connectivity index (χ1) is 12.1. The van der Waals surface area contributed by atoms with Crippen molar-refractivity contribution in [1.29, 1.82) is 0 Å². The molecule has 4 aromatic rings. The van der Waals surface area contributed by atoms with Crippen LogP contribution >= 0.6 is 0 Å². The first kappa shape index (κ1) is 14.9. The summed E-state index contributed by atoms with van der Waals surface area (Å²) >= 11 is 0. The second kappa shape index (κ2) is 5.45. The lowest BCUT2D eigenvalue weighted by Gasteiger charge is -2.03. The third-order valence-corrected chi connectivity index (χ3v) is 4.05. The number of methoxy groups -OCH3 is 1. The van der Waals surface area contributed by atoms with Crippen LogP contribution in [0.5, 0.6) is 5.75 Å². The summed E-state index contributed by atoms with van der Waals surface area (Å²) in [5, 5.41) is 15.0. The average molecular weight is 336 g/mol. The highest BCUT2D eigenvalue weighted by atomic mass is 16.6. The fourth-order valence-corrected chi connectivity index (χ4v) is 2.77. The lowest BCUT2D eigenvalue weighted by Crippen LogP contribution is -2.14. The van der Waals surface area contributed by atoms with Crippen molar-refractivity contribution in [1.82, 2.24) is 14.8 Å². The van der Waals surface area contributed by atoms with Gasteiger partial charge in [-0.3, -0.25) is 25.0 Å². The van der Waals surface area contributed by atoms with Gasteiger partial charge < -0.3 is 4.74 Å². The van der Waals surface area contributed by atoms with E-state index in [-0.39, 0.29) is 11.2 Å². The number of nitro benzene ring substituents is 1. The third kappa shape index (κ3) is 2.31. The highest BCUT2D eigenvalue weighted by Gasteiger charge is 2.14. The van der Waals surface area contributed by atoms with E-state index in [1.54, 1.807) is 37.4 Å². The van der Waals surface area contributed by atoms with Crippen molar-refractivity contribution in [3.8, 4) is 11.4 Å². The predicted octanol–water partition coefficient (Wildman–Crippen LogP) is 2.78. The Morgan fingerprint density at radius 1 is 1.16 bits per heavy atom. The predicted molar refractivity (Wildman–Crippen MR) is 92.4 cm³/mol. The van der Waals surface area contributed by atoms with Gasteiger partial charge in [0.25, 0.3) is 11.2 Å². The molecule has 8 nitrogen and oxygen atoms in total. The van der Waals surface area contributed by atoms with Crippen LogP contribution < -0.4 is 10.3 Å². The fourth-order valence-electron chi connectivity index (χ4n) is 2.77. The Balaban J connectivity index is 1.95. The number of pyridine rings is 1. The molecule has 0 aliphatic rings. The van der Waals surface area contributed by atoms with Crippen molar-refractivity contribution < 1.29 is 9.66 Å². The molecule has 25 heavy (non-hydrogen) atoms. The number of aromatic nitrogens is 3. The van der Waals surface area contributed by atoms with Gasteiger partial charge >= 0.3 is 0 Å². The molecule has 2 heterocycles. The summed E-state index contributed by atoms with van der Waals surface area (Å²) in [5.74, 6) is 0.687. The Morgan fingerprint density at radius 3 is 2.60 bits per heavy atom. The Kier molecular flexibility index (Phi) is 3.24. The van der Waals surface area contributed by atoms with Gasteiger partial charge in [0.2, 0.25) is 0 Å². The van der Waals surface area contributed by atoms with E-state index in [0.29, 0.717) is 33.2 Å². The summed E-state index contributed by atoms with van der Waals surface area (Å²) in [5.41, 5.74) is 1.40. The molecule has 0 aliphatic carbocycles. The number of nitrogens with zero attached hydrogens (tertiary/aromatic N) is 3. The van der Waals surface area contributed by atoms with E-state index in [1.165, 1.54) is 23.0 Å². The van der Waals surface area contributed by atoms with Crippen molar-refractivity contribution in [3.63, 3.8) is 0 Å². The van der Waals surface area contributed by atoms with E-state index < -0.39 is 4.92 Å². The third-order valence-electron chi connectivity index (χ3n) is 4.05. The van der Waals surface area contributed by atoms with Crippen molar-refractivity contribution in [2.45, 2.75) is 0 Å². The highest BCUT2D eigenvalue weighted by Crippen LogP contribution is 2.25. The van der Waals surface area contributed by atoms with Crippen LogP contribution in [0.2, 0.25) is 0 Å². The lowest BCUT2D eigenvalue weighted by atomic mass is 10.1. The molecule has 8 heteroatoms. The summed E-state index contributed by atoms with van der Waals surface area (Å²) in [4.78, 5) is 27.3. The zero-order chi connectivity index (χ0) is 17.6. The molecule has 2 aromatic carbocycles. The molecule has 0 spiro atoms. The number of non-ortho nitro benzene ring substituents is 1. The molecule has 0 atom stereocenters. The molecular formula is C17H12N4O4. The minimum Gasteiger partial charge on any atom is -0.497 e. The van der Waals surface area contributed by atoms with Crippen molar-refractivity contribution in [2.24, 2.45) is 0 Å². The maximum absolute atomic E-state index is 12.7. The summed E-state index contributed by atoms with van der Waals surface area (Å²) in [6.07, 6.45) is 1.43. The smallest absolute Gasteiger partial charge is 0.280 e. The molecule has 0 unspecified atom stereocenters. The Labute approximate surface area is 140 Å². The van der Waals surface area contributed by atoms with Gasteiger partial charge in [-0.2, -0.15) is 0 Å². The highest BCUT2D eigenvalue weighted by molar-refractivity contribution is 6.03. The number of benzene rings is 2. The fraction of sp³-hybridized carbons (Fsp3) is 0.0588. The lowest BCUT2D eigenvalue weighted by molar-refractivity contribution is -0.384. The van der Waals surface area contributed by atoms with Crippen LogP contribution in [0.3, 0.4) is 0 Å². The van der Waals surface area contributed by atoms with Crippen LogP contribution in [0.4, 0.5) is 5.69 Å². The van der Waals surface area contributed by atoms with Crippen LogP contribution in [-0.4, -0.2) is 26.8 Å². The maximum Gasteiger partial charge on any atom is 0.280 e. The number of nitrogens with one attached hydrogen (secondary N) is 1. The minimum absolute atomic E-state index is 0.0451. The number of aromatic amines is 1.